The Bertz CT molecular complexity index is 551. The normalized spacial score (nSPS) is 10.6. The molecule has 0 fully saturated rings. The monoisotopic (exact) mass is 219 g/mol. The van der Waals surface area contributed by atoms with E-state index in [1.807, 2.05) is 30.8 Å². The zero-order chi connectivity index (χ0) is 11.0. The van der Waals surface area contributed by atoms with Crippen molar-refractivity contribution in [2.24, 2.45) is 14.1 Å². The fraction of sp³-hybridized carbons (Fsp3) is 0.273. The molecule has 0 spiro atoms. The minimum absolute atomic E-state index is 0.728. The van der Waals surface area contributed by atoms with Crippen molar-refractivity contribution in [2.45, 2.75) is 6.92 Å². The van der Waals surface area contributed by atoms with E-state index in [4.69, 9.17) is 12.2 Å². The Kier molecular flexibility index (Phi) is 2.44. The number of hydrogen-bond acceptors (Lipinski definition) is 2. The molecule has 0 atom stereocenters. The molecule has 15 heavy (non-hydrogen) atoms. The summed E-state index contributed by atoms with van der Waals surface area (Å²) in [6.45, 7) is 2.07. The summed E-state index contributed by atoms with van der Waals surface area (Å²) < 4.78 is 4.36. The summed E-state index contributed by atoms with van der Waals surface area (Å²) in [5.41, 5.74) is 2.33. The Morgan fingerprint density at radius 2 is 2.00 bits per heavy atom. The number of nitrogens with zero attached hydrogens (tertiary/aromatic N) is 3. The van der Waals surface area contributed by atoms with Gasteiger partial charge in [0, 0.05) is 19.7 Å². The first-order valence-electron chi connectivity index (χ1n) is 4.76. The van der Waals surface area contributed by atoms with Gasteiger partial charge in [0.25, 0.3) is 0 Å². The average Bonchev–Trinajstić information content (AvgIpc) is 2.46. The molecule has 3 nitrogen and oxygen atoms in total. The maximum atomic E-state index is 5.21. The lowest BCUT2D eigenvalue weighted by molar-refractivity contribution is 0.741. The highest BCUT2D eigenvalue weighted by atomic mass is 32.1. The molecule has 0 saturated carbocycles. The van der Waals surface area contributed by atoms with Crippen molar-refractivity contribution in [1.82, 2.24) is 14.3 Å². The van der Waals surface area contributed by atoms with Crippen LogP contribution in [0.25, 0.3) is 11.4 Å². The molecular weight excluding hydrogens is 206 g/mol. The van der Waals surface area contributed by atoms with Gasteiger partial charge in [0.1, 0.15) is 0 Å². The van der Waals surface area contributed by atoms with E-state index in [2.05, 4.69) is 24.2 Å². The van der Waals surface area contributed by atoms with Gasteiger partial charge >= 0.3 is 0 Å². The summed E-state index contributed by atoms with van der Waals surface area (Å²) >= 11 is 5.21. The molecule has 0 aliphatic heterocycles. The Morgan fingerprint density at radius 3 is 2.53 bits per heavy atom. The molecule has 4 heteroatoms. The molecule has 1 aromatic heterocycles. The average molecular weight is 219 g/mol. The largest absolute Gasteiger partial charge is 0.303 e. The molecule has 2 aromatic rings. The van der Waals surface area contributed by atoms with Gasteiger partial charge in [-0.2, -0.15) is 5.10 Å². The van der Waals surface area contributed by atoms with Gasteiger partial charge in [-0.15, -0.1) is 0 Å². The zero-order valence-corrected chi connectivity index (χ0v) is 9.88. The van der Waals surface area contributed by atoms with Crippen LogP contribution in [0.15, 0.2) is 24.3 Å². The van der Waals surface area contributed by atoms with Crippen molar-refractivity contribution in [3.05, 3.63) is 34.6 Å². The zero-order valence-electron chi connectivity index (χ0n) is 9.06. The quantitative estimate of drug-likeness (QED) is 0.688. The second kappa shape index (κ2) is 3.62. The van der Waals surface area contributed by atoms with Gasteiger partial charge in [-0.3, -0.25) is 0 Å². The molecule has 0 aliphatic carbocycles. The molecule has 1 aromatic carbocycles. The van der Waals surface area contributed by atoms with Gasteiger partial charge in [0.05, 0.1) is 0 Å². The standard InChI is InChI=1S/C11H13N3S/c1-8-5-4-6-9(7-8)10-12-14(3)11(15)13(10)2/h4-7H,1-3H3. The summed E-state index contributed by atoms with van der Waals surface area (Å²) in [7, 11) is 3.80. The summed E-state index contributed by atoms with van der Waals surface area (Å²) in [4.78, 5) is 0. The molecule has 0 N–H and O–H groups in total. The van der Waals surface area contributed by atoms with Crippen molar-refractivity contribution in [3.8, 4) is 11.4 Å². The summed E-state index contributed by atoms with van der Waals surface area (Å²) in [6.07, 6.45) is 0. The van der Waals surface area contributed by atoms with Gasteiger partial charge in [-0.05, 0) is 25.2 Å². The van der Waals surface area contributed by atoms with Crippen molar-refractivity contribution in [2.75, 3.05) is 0 Å². The lowest BCUT2D eigenvalue weighted by atomic mass is 10.1. The fourth-order valence-electron chi connectivity index (χ4n) is 1.60. The molecule has 0 amide bonds. The van der Waals surface area contributed by atoms with E-state index in [0.29, 0.717) is 0 Å². The smallest absolute Gasteiger partial charge is 0.197 e. The molecule has 0 saturated heterocycles. The predicted molar refractivity (Wildman–Crippen MR) is 63.2 cm³/mol. The minimum Gasteiger partial charge on any atom is -0.303 e. The van der Waals surface area contributed by atoms with Gasteiger partial charge < -0.3 is 4.57 Å². The van der Waals surface area contributed by atoms with E-state index in [-0.39, 0.29) is 0 Å². The summed E-state index contributed by atoms with van der Waals surface area (Å²) in [5, 5.41) is 4.40. The third-order valence-corrected chi connectivity index (χ3v) is 2.94. The van der Waals surface area contributed by atoms with E-state index < -0.39 is 0 Å². The highest BCUT2D eigenvalue weighted by molar-refractivity contribution is 7.71. The Balaban J connectivity index is 2.64. The van der Waals surface area contributed by atoms with Gasteiger partial charge in [-0.1, -0.05) is 23.8 Å². The van der Waals surface area contributed by atoms with Gasteiger partial charge in [0.2, 0.25) is 0 Å². The molecule has 1 heterocycles. The van der Waals surface area contributed by atoms with E-state index in [1.165, 1.54) is 5.56 Å². The Morgan fingerprint density at radius 1 is 1.27 bits per heavy atom. The van der Waals surface area contributed by atoms with Crippen LogP contribution in [0.2, 0.25) is 0 Å². The molecular formula is C11H13N3S. The third kappa shape index (κ3) is 1.72. The first kappa shape index (κ1) is 10.1. The lowest BCUT2D eigenvalue weighted by Crippen LogP contribution is -1.92. The maximum Gasteiger partial charge on any atom is 0.197 e. The van der Waals surface area contributed by atoms with Crippen LogP contribution in [0.4, 0.5) is 0 Å². The number of rotatable bonds is 1. The SMILES string of the molecule is Cc1cccc(-c2nn(C)c(=S)n2C)c1. The second-order valence-electron chi connectivity index (χ2n) is 3.66. The Labute approximate surface area is 94.0 Å². The van der Waals surface area contributed by atoms with Crippen LogP contribution >= 0.6 is 12.2 Å². The minimum atomic E-state index is 0.728. The van der Waals surface area contributed by atoms with Crippen molar-refractivity contribution >= 4 is 12.2 Å². The van der Waals surface area contributed by atoms with Gasteiger partial charge in [0.15, 0.2) is 10.6 Å². The lowest BCUT2D eigenvalue weighted by Gasteiger charge is -2.00. The summed E-state index contributed by atoms with van der Waals surface area (Å²) in [6, 6.07) is 8.25. The number of hydrogen-bond donors (Lipinski definition) is 0. The first-order valence-corrected chi connectivity index (χ1v) is 5.17. The molecule has 0 radical (unpaired) electrons. The topological polar surface area (TPSA) is 22.8 Å². The van der Waals surface area contributed by atoms with E-state index >= 15 is 0 Å². The molecule has 0 unspecified atom stereocenters. The van der Waals surface area contributed by atoms with Crippen molar-refractivity contribution in [3.63, 3.8) is 0 Å². The van der Waals surface area contributed by atoms with Crippen LogP contribution in [0.3, 0.4) is 0 Å². The van der Waals surface area contributed by atoms with E-state index in [1.54, 1.807) is 4.68 Å². The third-order valence-electron chi connectivity index (χ3n) is 2.40. The van der Waals surface area contributed by atoms with Crippen LogP contribution in [0.1, 0.15) is 5.56 Å². The van der Waals surface area contributed by atoms with Crippen LogP contribution < -0.4 is 0 Å². The molecule has 0 aliphatic rings. The van der Waals surface area contributed by atoms with Gasteiger partial charge in [-0.25, -0.2) is 4.68 Å². The number of benzene rings is 1. The number of aryl methyl sites for hydroxylation is 2. The Hall–Kier alpha value is -1.42. The van der Waals surface area contributed by atoms with Crippen LogP contribution in [-0.4, -0.2) is 14.3 Å². The molecule has 2 rings (SSSR count). The highest BCUT2D eigenvalue weighted by Gasteiger charge is 2.07. The van der Waals surface area contributed by atoms with E-state index in [9.17, 15) is 0 Å². The van der Waals surface area contributed by atoms with Crippen LogP contribution in [0, 0.1) is 11.7 Å². The predicted octanol–water partition coefficient (Wildman–Crippen LogP) is 2.46. The summed E-state index contributed by atoms with van der Waals surface area (Å²) in [5.74, 6) is 0.909. The first-order chi connectivity index (χ1) is 7.09. The van der Waals surface area contributed by atoms with E-state index in [0.717, 1.165) is 16.2 Å². The fourth-order valence-corrected chi connectivity index (χ4v) is 1.72. The molecule has 0 bridgehead atoms. The van der Waals surface area contributed by atoms with Crippen LogP contribution in [-0.2, 0) is 14.1 Å². The maximum absolute atomic E-state index is 5.21. The van der Waals surface area contributed by atoms with Crippen molar-refractivity contribution in [1.29, 1.82) is 0 Å². The molecule has 78 valence electrons. The number of aromatic nitrogens is 3. The second-order valence-corrected chi connectivity index (χ2v) is 4.02. The van der Waals surface area contributed by atoms with Crippen molar-refractivity contribution < 1.29 is 0 Å². The van der Waals surface area contributed by atoms with Crippen LogP contribution in [0.5, 0.6) is 0 Å². The highest BCUT2D eigenvalue weighted by Crippen LogP contribution is 2.17.